The second kappa shape index (κ2) is 5.11. The van der Waals surface area contributed by atoms with E-state index in [1.54, 1.807) is 6.11 Å². The Labute approximate surface area is 63.3 Å². The van der Waals surface area contributed by atoms with Gasteiger partial charge in [-0.05, 0) is 0 Å². The van der Waals surface area contributed by atoms with Crippen molar-refractivity contribution in [2.75, 3.05) is 6.54 Å². The van der Waals surface area contributed by atoms with E-state index in [9.17, 15) is 9.59 Å². The molecule has 60 valence electrons. The number of hydrogen-bond donors (Lipinski definition) is 2. The Morgan fingerprint density at radius 3 is 2.73 bits per heavy atom. The lowest BCUT2D eigenvalue weighted by molar-refractivity contribution is -0.136. The molecule has 1 amide bonds. The summed E-state index contributed by atoms with van der Waals surface area (Å²) in [5.74, 6) is -0.994. The van der Waals surface area contributed by atoms with Crippen LogP contribution in [0.2, 0.25) is 0 Å². The van der Waals surface area contributed by atoms with Crippen LogP contribution in [0.4, 0.5) is 4.79 Å². The zero-order valence-corrected chi connectivity index (χ0v) is 5.66. The summed E-state index contributed by atoms with van der Waals surface area (Å²) in [5.41, 5.74) is 0. The van der Waals surface area contributed by atoms with Gasteiger partial charge in [0, 0.05) is 6.54 Å². The monoisotopic (exact) mass is 157 g/mol. The number of rotatable bonds is 3. The van der Waals surface area contributed by atoms with Gasteiger partial charge in [-0.15, -0.1) is 0 Å². The molecule has 0 aromatic carbocycles. The average Bonchev–Trinajstić information content (AvgIpc) is 1.87. The van der Waals surface area contributed by atoms with Crippen LogP contribution >= 0.6 is 0 Å². The lowest BCUT2D eigenvalue weighted by Crippen LogP contribution is -2.25. The number of hydrogen-bond acceptors (Lipinski definition) is 3. The smallest absolute Gasteiger partial charge is 0.421 e. The Kier molecular flexibility index (Phi) is 4.32. The second-order valence-electron chi connectivity index (χ2n) is 1.58. The van der Waals surface area contributed by atoms with Crippen molar-refractivity contribution >= 4 is 12.1 Å². The predicted octanol–water partition coefficient (Wildman–Crippen LogP) is -0.222. The van der Waals surface area contributed by atoms with E-state index >= 15 is 0 Å². The van der Waals surface area contributed by atoms with Gasteiger partial charge >= 0.3 is 12.1 Å². The number of amides is 1. The van der Waals surface area contributed by atoms with E-state index in [0.717, 1.165) is 0 Å². The molecule has 0 aliphatic carbocycles. The van der Waals surface area contributed by atoms with Crippen molar-refractivity contribution in [2.24, 2.45) is 0 Å². The molecule has 2 N–H and O–H groups in total. The lowest BCUT2D eigenvalue weighted by atomic mass is 10.4. The van der Waals surface area contributed by atoms with Crippen LogP contribution in [0.25, 0.3) is 0 Å². The lowest BCUT2D eigenvalue weighted by Gasteiger charge is -1.97. The maximum Gasteiger partial charge on any atom is 0.421 e. The SMILES string of the molecule is C#COC(=O)NCCC(=O)O. The number of ether oxygens (including phenoxy) is 1. The molecule has 11 heavy (non-hydrogen) atoms. The van der Waals surface area contributed by atoms with Crippen LogP contribution in [0.1, 0.15) is 6.42 Å². The number of terminal acetylenes is 1. The molecule has 0 saturated carbocycles. The molecule has 0 saturated heterocycles. The normalized spacial score (nSPS) is 7.91. The van der Waals surface area contributed by atoms with Crippen molar-refractivity contribution in [2.45, 2.75) is 6.42 Å². The Bertz CT molecular complexity index is 193. The molecule has 0 atom stereocenters. The Hall–Kier alpha value is -1.70. The topological polar surface area (TPSA) is 75.6 Å². The maximum atomic E-state index is 10.4. The van der Waals surface area contributed by atoms with Gasteiger partial charge in [0.2, 0.25) is 0 Å². The van der Waals surface area contributed by atoms with Crippen molar-refractivity contribution in [3.8, 4) is 12.5 Å². The van der Waals surface area contributed by atoms with Gasteiger partial charge in [-0.1, -0.05) is 6.42 Å². The quantitative estimate of drug-likeness (QED) is 0.555. The standard InChI is InChI=1S/C6H7NO4/c1-2-11-6(10)7-4-3-5(8)9/h1H,3-4H2,(H,7,10)(H,8,9). The first-order valence-corrected chi connectivity index (χ1v) is 2.79. The van der Waals surface area contributed by atoms with Gasteiger partial charge in [-0.25, -0.2) is 4.79 Å². The fourth-order valence-electron chi connectivity index (χ4n) is 0.361. The fourth-order valence-corrected chi connectivity index (χ4v) is 0.361. The third-order valence-electron chi connectivity index (χ3n) is 0.760. The zero-order valence-electron chi connectivity index (χ0n) is 5.66. The van der Waals surface area contributed by atoms with E-state index in [0.29, 0.717) is 0 Å². The van der Waals surface area contributed by atoms with E-state index in [1.165, 1.54) is 0 Å². The van der Waals surface area contributed by atoms with Crippen LogP contribution in [0, 0.1) is 12.5 Å². The molecule has 0 aromatic heterocycles. The molecule has 0 bridgehead atoms. The fraction of sp³-hybridized carbons (Fsp3) is 0.333. The van der Waals surface area contributed by atoms with Crippen LogP contribution in [-0.2, 0) is 9.53 Å². The highest BCUT2D eigenvalue weighted by Gasteiger charge is 2.00. The first-order chi connectivity index (χ1) is 5.16. The minimum Gasteiger partial charge on any atom is -0.481 e. The van der Waals surface area contributed by atoms with Gasteiger partial charge in [0.15, 0.2) is 0 Å². The third-order valence-corrected chi connectivity index (χ3v) is 0.760. The van der Waals surface area contributed by atoms with E-state index < -0.39 is 12.1 Å². The van der Waals surface area contributed by atoms with Crippen molar-refractivity contribution < 1.29 is 19.4 Å². The molecule has 0 fully saturated rings. The van der Waals surface area contributed by atoms with Crippen LogP contribution in [0.5, 0.6) is 0 Å². The molecule has 0 aliphatic heterocycles. The van der Waals surface area contributed by atoms with Gasteiger partial charge in [0.1, 0.15) is 6.11 Å². The molecule has 5 heteroatoms. The molecule has 0 heterocycles. The first-order valence-electron chi connectivity index (χ1n) is 2.79. The molecular weight excluding hydrogens is 150 g/mol. The van der Waals surface area contributed by atoms with Crippen LogP contribution in [0.3, 0.4) is 0 Å². The number of aliphatic carboxylic acids is 1. The second-order valence-corrected chi connectivity index (χ2v) is 1.58. The van der Waals surface area contributed by atoms with Crippen molar-refractivity contribution in [1.82, 2.24) is 5.32 Å². The van der Waals surface area contributed by atoms with Crippen molar-refractivity contribution in [3.05, 3.63) is 0 Å². The summed E-state index contributed by atoms with van der Waals surface area (Å²) in [6.07, 6.45) is 5.29. The van der Waals surface area contributed by atoms with Crippen molar-refractivity contribution in [3.63, 3.8) is 0 Å². The van der Waals surface area contributed by atoms with E-state index in [4.69, 9.17) is 5.11 Å². The average molecular weight is 157 g/mol. The zero-order chi connectivity index (χ0) is 8.69. The molecule has 0 aromatic rings. The molecule has 0 spiro atoms. The first kappa shape index (κ1) is 9.30. The van der Waals surface area contributed by atoms with Crippen LogP contribution in [-0.4, -0.2) is 23.7 Å². The van der Waals surface area contributed by atoms with Gasteiger partial charge in [0.25, 0.3) is 0 Å². The van der Waals surface area contributed by atoms with Crippen LogP contribution < -0.4 is 5.32 Å². The van der Waals surface area contributed by atoms with Gasteiger partial charge < -0.3 is 15.2 Å². The van der Waals surface area contributed by atoms with E-state index in [-0.39, 0.29) is 13.0 Å². The number of nitrogens with one attached hydrogen (secondary N) is 1. The largest absolute Gasteiger partial charge is 0.481 e. The molecule has 0 rings (SSSR count). The van der Waals surface area contributed by atoms with E-state index in [1.807, 2.05) is 0 Å². The predicted molar refractivity (Wildman–Crippen MR) is 35.6 cm³/mol. The molecule has 5 nitrogen and oxygen atoms in total. The summed E-state index contributed by atoms with van der Waals surface area (Å²) >= 11 is 0. The minimum atomic E-state index is -0.994. The van der Waals surface area contributed by atoms with Gasteiger partial charge in [-0.2, -0.15) is 0 Å². The number of carboxylic acid groups (broad SMARTS) is 1. The van der Waals surface area contributed by atoms with Gasteiger partial charge in [-0.3, -0.25) is 4.79 Å². The summed E-state index contributed by atoms with van der Waals surface area (Å²) in [6.45, 7) is 0.00977. The summed E-state index contributed by atoms with van der Waals surface area (Å²) in [7, 11) is 0. The third kappa shape index (κ3) is 6.18. The number of carbonyl (C=O) groups is 2. The minimum absolute atomic E-state index is 0.00977. The number of alkyl carbamates (subject to hydrolysis) is 1. The Morgan fingerprint density at radius 1 is 1.64 bits per heavy atom. The summed E-state index contributed by atoms with van der Waals surface area (Å²) in [4.78, 5) is 20.3. The number of carboxylic acids is 1. The summed E-state index contributed by atoms with van der Waals surface area (Å²) in [5, 5.41) is 10.3. The van der Waals surface area contributed by atoms with Crippen molar-refractivity contribution in [1.29, 1.82) is 0 Å². The maximum absolute atomic E-state index is 10.4. The Balaban J connectivity index is 3.33. The Morgan fingerprint density at radius 2 is 2.27 bits per heavy atom. The molecule has 0 unspecified atom stereocenters. The van der Waals surface area contributed by atoms with E-state index in [2.05, 4.69) is 16.5 Å². The molecular formula is C6H7NO4. The number of carbonyl (C=O) groups excluding carboxylic acids is 1. The van der Waals surface area contributed by atoms with Gasteiger partial charge in [0.05, 0.1) is 6.42 Å². The van der Waals surface area contributed by atoms with Crippen LogP contribution in [0.15, 0.2) is 0 Å². The summed E-state index contributed by atoms with van der Waals surface area (Å²) < 4.78 is 4.01. The molecule has 0 radical (unpaired) electrons. The summed E-state index contributed by atoms with van der Waals surface area (Å²) in [6, 6.07) is 0. The highest BCUT2D eigenvalue weighted by molar-refractivity contribution is 5.70. The highest BCUT2D eigenvalue weighted by Crippen LogP contribution is 1.77. The highest BCUT2D eigenvalue weighted by atomic mass is 16.5. The molecule has 0 aliphatic rings.